The van der Waals surface area contributed by atoms with Crippen molar-refractivity contribution in [3.8, 4) is 0 Å². The number of benzene rings is 2. The van der Waals surface area contributed by atoms with Crippen LogP contribution in [0.15, 0.2) is 60.9 Å². The van der Waals surface area contributed by atoms with Gasteiger partial charge in [0.25, 0.3) is 5.91 Å². The van der Waals surface area contributed by atoms with Crippen LogP contribution in [0.1, 0.15) is 12.5 Å². The molecular formula is C17H13N3O2. The SMILES string of the molecule is O=C1C[C@@H](n2cnc3ccccc32)C(=O)N1c1ccccc1. The smallest absolute Gasteiger partial charge is 0.257 e. The zero-order valence-corrected chi connectivity index (χ0v) is 11.7. The van der Waals surface area contributed by atoms with Crippen molar-refractivity contribution in [3.63, 3.8) is 0 Å². The number of hydrogen-bond acceptors (Lipinski definition) is 3. The van der Waals surface area contributed by atoms with Gasteiger partial charge in [-0.25, -0.2) is 9.88 Å². The summed E-state index contributed by atoms with van der Waals surface area (Å²) in [5.74, 6) is -0.390. The minimum absolute atomic E-state index is 0.161. The fraction of sp³-hybridized carbons (Fsp3) is 0.118. The highest BCUT2D eigenvalue weighted by atomic mass is 16.2. The highest BCUT2D eigenvalue weighted by Gasteiger charge is 2.40. The van der Waals surface area contributed by atoms with Gasteiger partial charge in [0.1, 0.15) is 6.04 Å². The Labute approximate surface area is 126 Å². The molecule has 108 valence electrons. The van der Waals surface area contributed by atoms with Crippen molar-refractivity contribution in [2.75, 3.05) is 4.90 Å². The van der Waals surface area contributed by atoms with Gasteiger partial charge in [0.2, 0.25) is 5.91 Å². The van der Waals surface area contributed by atoms with Crippen LogP contribution in [0.25, 0.3) is 11.0 Å². The van der Waals surface area contributed by atoms with Crippen LogP contribution >= 0.6 is 0 Å². The van der Waals surface area contributed by atoms with Gasteiger partial charge in [-0.15, -0.1) is 0 Å². The predicted molar refractivity (Wildman–Crippen MR) is 82.3 cm³/mol. The molecule has 2 aromatic carbocycles. The Morgan fingerprint density at radius 3 is 2.50 bits per heavy atom. The molecule has 2 heterocycles. The van der Waals surface area contributed by atoms with Crippen LogP contribution in [0.3, 0.4) is 0 Å². The van der Waals surface area contributed by atoms with Crippen LogP contribution in [0.5, 0.6) is 0 Å². The molecule has 5 heteroatoms. The molecule has 22 heavy (non-hydrogen) atoms. The lowest BCUT2D eigenvalue weighted by Crippen LogP contribution is -2.30. The van der Waals surface area contributed by atoms with Gasteiger partial charge < -0.3 is 4.57 Å². The van der Waals surface area contributed by atoms with Gasteiger partial charge in [0.05, 0.1) is 29.5 Å². The topological polar surface area (TPSA) is 55.2 Å². The summed E-state index contributed by atoms with van der Waals surface area (Å²) in [6, 6.07) is 16.1. The zero-order valence-electron chi connectivity index (χ0n) is 11.7. The van der Waals surface area contributed by atoms with E-state index in [2.05, 4.69) is 4.98 Å². The summed E-state index contributed by atoms with van der Waals surface area (Å²) in [5, 5.41) is 0. The van der Waals surface area contributed by atoms with Crippen LogP contribution in [-0.4, -0.2) is 21.4 Å². The summed E-state index contributed by atoms with van der Waals surface area (Å²) in [7, 11) is 0. The van der Waals surface area contributed by atoms with Crippen LogP contribution in [0.4, 0.5) is 5.69 Å². The Kier molecular flexibility index (Phi) is 2.79. The molecule has 4 rings (SSSR count). The molecule has 1 aliphatic heterocycles. The molecule has 0 aliphatic carbocycles. The molecule has 1 atom stereocenters. The molecule has 1 fully saturated rings. The van der Waals surface area contributed by atoms with Crippen molar-refractivity contribution >= 4 is 28.5 Å². The van der Waals surface area contributed by atoms with E-state index in [-0.39, 0.29) is 18.2 Å². The van der Waals surface area contributed by atoms with E-state index in [9.17, 15) is 9.59 Å². The predicted octanol–water partition coefficient (Wildman–Crippen LogP) is 2.54. The fourth-order valence-electron chi connectivity index (χ4n) is 2.91. The van der Waals surface area contributed by atoms with Crippen molar-refractivity contribution in [3.05, 3.63) is 60.9 Å². The zero-order chi connectivity index (χ0) is 15.1. The van der Waals surface area contributed by atoms with Crippen LogP contribution in [-0.2, 0) is 9.59 Å². The molecule has 1 saturated heterocycles. The van der Waals surface area contributed by atoms with Gasteiger partial charge in [-0.3, -0.25) is 9.59 Å². The van der Waals surface area contributed by atoms with E-state index in [0.717, 1.165) is 11.0 Å². The Hall–Kier alpha value is -2.95. The third kappa shape index (κ3) is 1.83. The second kappa shape index (κ2) is 4.80. The number of aromatic nitrogens is 2. The monoisotopic (exact) mass is 291 g/mol. The van der Waals surface area contributed by atoms with E-state index in [1.54, 1.807) is 23.0 Å². The summed E-state index contributed by atoms with van der Waals surface area (Å²) < 4.78 is 1.79. The van der Waals surface area contributed by atoms with E-state index in [0.29, 0.717) is 5.69 Å². The van der Waals surface area contributed by atoms with Crippen LogP contribution in [0.2, 0.25) is 0 Å². The Morgan fingerprint density at radius 2 is 1.68 bits per heavy atom. The lowest BCUT2D eigenvalue weighted by Gasteiger charge is -2.15. The number of amides is 2. The molecule has 1 aliphatic rings. The van der Waals surface area contributed by atoms with Gasteiger partial charge in [0.15, 0.2) is 0 Å². The maximum atomic E-state index is 12.7. The number of carbonyl (C=O) groups excluding carboxylic acids is 2. The number of para-hydroxylation sites is 3. The number of imide groups is 1. The standard InChI is InChI=1S/C17H13N3O2/c21-16-10-15(17(22)20(16)12-6-2-1-3-7-12)19-11-18-13-8-4-5-9-14(13)19/h1-9,11,15H,10H2/t15-/m1/s1. The first-order chi connectivity index (χ1) is 10.8. The quantitative estimate of drug-likeness (QED) is 0.682. The maximum absolute atomic E-state index is 12.7. The van der Waals surface area contributed by atoms with Crippen molar-refractivity contribution in [2.45, 2.75) is 12.5 Å². The molecule has 0 spiro atoms. The van der Waals surface area contributed by atoms with E-state index in [4.69, 9.17) is 0 Å². The number of hydrogen-bond donors (Lipinski definition) is 0. The van der Waals surface area contributed by atoms with Crippen LogP contribution < -0.4 is 4.90 Å². The van der Waals surface area contributed by atoms with E-state index >= 15 is 0 Å². The Morgan fingerprint density at radius 1 is 0.955 bits per heavy atom. The first-order valence-electron chi connectivity index (χ1n) is 7.09. The second-order valence-corrected chi connectivity index (χ2v) is 5.26. The minimum Gasteiger partial charge on any atom is -0.317 e. The average Bonchev–Trinajstić information content (AvgIpc) is 3.09. The van der Waals surface area contributed by atoms with Crippen LogP contribution in [0, 0.1) is 0 Å². The lowest BCUT2D eigenvalue weighted by atomic mass is 10.2. The normalized spacial score (nSPS) is 18.4. The molecule has 2 amide bonds. The first-order valence-corrected chi connectivity index (χ1v) is 7.09. The first kappa shape index (κ1) is 12.8. The molecule has 0 bridgehead atoms. The lowest BCUT2D eigenvalue weighted by molar-refractivity contribution is -0.122. The molecule has 1 aromatic heterocycles. The van der Waals surface area contributed by atoms with Crippen molar-refractivity contribution < 1.29 is 9.59 Å². The summed E-state index contributed by atoms with van der Waals surface area (Å²) >= 11 is 0. The molecule has 0 unspecified atom stereocenters. The van der Waals surface area contributed by atoms with Gasteiger partial charge in [-0.2, -0.15) is 0 Å². The fourth-order valence-corrected chi connectivity index (χ4v) is 2.91. The van der Waals surface area contributed by atoms with Gasteiger partial charge in [-0.05, 0) is 24.3 Å². The van der Waals surface area contributed by atoms with E-state index < -0.39 is 6.04 Å². The highest BCUT2D eigenvalue weighted by molar-refractivity contribution is 6.21. The molecule has 5 nitrogen and oxygen atoms in total. The molecule has 0 radical (unpaired) electrons. The number of rotatable bonds is 2. The van der Waals surface area contributed by atoms with Crippen molar-refractivity contribution in [2.24, 2.45) is 0 Å². The number of nitrogens with zero attached hydrogens (tertiary/aromatic N) is 3. The maximum Gasteiger partial charge on any atom is 0.257 e. The third-order valence-electron chi connectivity index (χ3n) is 3.95. The number of fused-ring (bicyclic) bond motifs is 1. The number of anilines is 1. The minimum atomic E-state index is -0.528. The molecule has 0 saturated carbocycles. The highest BCUT2D eigenvalue weighted by Crippen LogP contribution is 2.31. The van der Waals surface area contributed by atoms with E-state index in [1.165, 1.54) is 4.90 Å². The summed E-state index contributed by atoms with van der Waals surface area (Å²) in [6.07, 6.45) is 1.79. The Bertz CT molecular complexity index is 870. The summed E-state index contributed by atoms with van der Waals surface area (Å²) in [5.41, 5.74) is 2.30. The summed E-state index contributed by atoms with van der Waals surface area (Å²) in [4.78, 5) is 30.6. The van der Waals surface area contributed by atoms with Gasteiger partial charge >= 0.3 is 0 Å². The largest absolute Gasteiger partial charge is 0.317 e. The van der Waals surface area contributed by atoms with E-state index in [1.807, 2.05) is 42.5 Å². The summed E-state index contributed by atoms with van der Waals surface area (Å²) in [6.45, 7) is 0. The van der Waals surface area contributed by atoms with Gasteiger partial charge in [-0.1, -0.05) is 30.3 Å². The molecule has 3 aromatic rings. The van der Waals surface area contributed by atoms with Gasteiger partial charge in [0, 0.05) is 0 Å². The number of imidazole rings is 1. The van der Waals surface area contributed by atoms with Crippen molar-refractivity contribution in [1.82, 2.24) is 9.55 Å². The molecular weight excluding hydrogens is 278 g/mol. The Balaban J connectivity index is 1.76. The van der Waals surface area contributed by atoms with Crippen molar-refractivity contribution in [1.29, 1.82) is 0 Å². The molecule has 0 N–H and O–H groups in total. The average molecular weight is 291 g/mol. The number of carbonyl (C=O) groups is 2. The third-order valence-corrected chi connectivity index (χ3v) is 3.95. The second-order valence-electron chi connectivity index (χ2n) is 5.26.